The Kier molecular flexibility index (Phi) is 3.22. The zero-order valence-corrected chi connectivity index (χ0v) is 8.15. The molecule has 13 heavy (non-hydrogen) atoms. The van der Waals surface area contributed by atoms with E-state index in [1.165, 1.54) is 12.3 Å². The lowest BCUT2D eigenvalue weighted by molar-refractivity contribution is 0.551. The van der Waals surface area contributed by atoms with E-state index in [4.69, 9.17) is 11.6 Å². The van der Waals surface area contributed by atoms with Crippen molar-refractivity contribution in [1.82, 2.24) is 4.98 Å². The van der Waals surface area contributed by atoms with Gasteiger partial charge in [0, 0.05) is 6.20 Å². The highest BCUT2D eigenvalue weighted by Gasteiger charge is 2.07. The van der Waals surface area contributed by atoms with E-state index in [-0.39, 0.29) is 11.6 Å². The van der Waals surface area contributed by atoms with Gasteiger partial charge >= 0.3 is 10.2 Å². The monoisotopic (exact) mass is 223 g/mol. The maximum atomic E-state index is 12.1. The highest BCUT2D eigenvalue weighted by atomic mass is 35.5. The fourth-order valence-electron chi connectivity index (χ4n) is 0.838. The molecule has 0 saturated heterocycles. The van der Waals surface area contributed by atoms with Gasteiger partial charge in [0.1, 0.15) is 5.15 Å². The summed E-state index contributed by atoms with van der Waals surface area (Å²) in [4.78, 5) is 3.71. The molecule has 0 fully saturated rings. The SMILES string of the molecule is O=S(=O)(F)CCc1ccnc(Cl)c1. The Morgan fingerprint density at radius 3 is 2.77 bits per heavy atom. The van der Waals surface area contributed by atoms with Crippen LogP contribution in [0.2, 0.25) is 5.15 Å². The Labute approximate surface area is 80.8 Å². The Bertz CT molecular complexity index is 393. The van der Waals surface area contributed by atoms with E-state index in [9.17, 15) is 12.3 Å². The molecule has 0 amide bonds. The number of halogens is 2. The van der Waals surface area contributed by atoms with Crippen molar-refractivity contribution in [3.63, 3.8) is 0 Å². The molecule has 1 aromatic heterocycles. The van der Waals surface area contributed by atoms with E-state index in [2.05, 4.69) is 4.98 Å². The lowest BCUT2D eigenvalue weighted by Gasteiger charge is -1.97. The van der Waals surface area contributed by atoms with E-state index in [1.807, 2.05) is 0 Å². The number of hydrogen-bond acceptors (Lipinski definition) is 3. The molecule has 1 aromatic rings. The molecule has 0 aromatic carbocycles. The van der Waals surface area contributed by atoms with Gasteiger partial charge in [0.2, 0.25) is 0 Å². The van der Waals surface area contributed by atoms with Gasteiger partial charge in [0.05, 0.1) is 5.75 Å². The summed E-state index contributed by atoms with van der Waals surface area (Å²) in [5.74, 6) is -0.520. The zero-order chi connectivity index (χ0) is 9.90. The van der Waals surface area contributed by atoms with Crippen molar-refractivity contribution >= 4 is 21.8 Å². The maximum absolute atomic E-state index is 12.1. The van der Waals surface area contributed by atoms with Crippen LogP contribution in [0, 0.1) is 0 Å². The largest absolute Gasteiger partial charge is 0.302 e. The molecule has 1 rings (SSSR count). The van der Waals surface area contributed by atoms with Crippen LogP contribution >= 0.6 is 11.6 Å². The Hall–Kier alpha value is -0.680. The first-order chi connectivity index (χ1) is 5.97. The minimum absolute atomic E-state index is 0.112. The van der Waals surface area contributed by atoms with Crippen molar-refractivity contribution in [1.29, 1.82) is 0 Å². The van der Waals surface area contributed by atoms with E-state index < -0.39 is 16.0 Å². The van der Waals surface area contributed by atoms with Crippen LogP contribution in [0.1, 0.15) is 5.56 Å². The Morgan fingerprint density at radius 2 is 2.23 bits per heavy atom. The van der Waals surface area contributed by atoms with Gasteiger partial charge in [-0.2, -0.15) is 8.42 Å². The van der Waals surface area contributed by atoms with Gasteiger partial charge in [-0.3, -0.25) is 0 Å². The minimum atomic E-state index is -4.40. The molecule has 0 aliphatic rings. The van der Waals surface area contributed by atoms with Crippen LogP contribution < -0.4 is 0 Å². The summed E-state index contributed by atoms with van der Waals surface area (Å²) < 4.78 is 32.4. The minimum Gasteiger partial charge on any atom is -0.245 e. The van der Waals surface area contributed by atoms with Crippen molar-refractivity contribution in [2.45, 2.75) is 6.42 Å². The Balaban J connectivity index is 2.65. The van der Waals surface area contributed by atoms with Crippen molar-refractivity contribution in [2.75, 3.05) is 5.75 Å². The number of rotatable bonds is 3. The van der Waals surface area contributed by atoms with Gasteiger partial charge in [-0.15, -0.1) is 3.89 Å². The maximum Gasteiger partial charge on any atom is 0.302 e. The molecular weight excluding hydrogens is 217 g/mol. The summed E-state index contributed by atoms with van der Waals surface area (Å²) in [6, 6.07) is 3.10. The van der Waals surface area contributed by atoms with Gasteiger partial charge in [0.25, 0.3) is 0 Å². The lowest BCUT2D eigenvalue weighted by Crippen LogP contribution is -2.02. The zero-order valence-electron chi connectivity index (χ0n) is 6.57. The fraction of sp³-hybridized carbons (Fsp3) is 0.286. The van der Waals surface area contributed by atoms with Gasteiger partial charge in [-0.1, -0.05) is 11.6 Å². The quantitative estimate of drug-likeness (QED) is 0.577. The first kappa shape index (κ1) is 10.4. The smallest absolute Gasteiger partial charge is 0.245 e. The molecule has 0 radical (unpaired) electrons. The first-order valence-electron chi connectivity index (χ1n) is 3.50. The van der Waals surface area contributed by atoms with E-state index in [0.717, 1.165) is 0 Å². The molecule has 72 valence electrons. The summed E-state index contributed by atoms with van der Waals surface area (Å²) in [6.07, 6.45) is 1.56. The number of pyridine rings is 1. The standard InChI is InChI=1S/C7H7ClFNO2S/c8-7-5-6(1-3-10-7)2-4-13(9,11)12/h1,3,5H,2,4H2. The summed E-state index contributed by atoms with van der Waals surface area (Å²) in [5, 5.41) is 0.272. The molecule has 0 spiro atoms. The highest BCUT2D eigenvalue weighted by Crippen LogP contribution is 2.08. The topological polar surface area (TPSA) is 47.0 Å². The third-order valence-corrected chi connectivity index (χ3v) is 2.32. The number of nitrogens with zero attached hydrogens (tertiary/aromatic N) is 1. The fourth-order valence-corrected chi connectivity index (χ4v) is 1.51. The molecule has 1 heterocycles. The van der Waals surface area contributed by atoms with Crippen LogP contribution in [0.4, 0.5) is 3.89 Å². The molecule has 0 aliphatic carbocycles. The van der Waals surface area contributed by atoms with Crippen LogP contribution in [0.5, 0.6) is 0 Å². The average molecular weight is 224 g/mol. The van der Waals surface area contributed by atoms with Crippen molar-refractivity contribution in [3.05, 3.63) is 29.0 Å². The van der Waals surface area contributed by atoms with Crippen molar-refractivity contribution in [2.24, 2.45) is 0 Å². The van der Waals surface area contributed by atoms with Crippen LogP contribution in [0.15, 0.2) is 18.3 Å². The molecule has 3 nitrogen and oxygen atoms in total. The first-order valence-corrected chi connectivity index (χ1v) is 5.43. The van der Waals surface area contributed by atoms with Crippen LogP contribution in [-0.4, -0.2) is 19.2 Å². The second-order valence-corrected chi connectivity index (χ2v) is 4.35. The van der Waals surface area contributed by atoms with Gasteiger partial charge in [0.15, 0.2) is 0 Å². The normalized spacial score (nSPS) is 11.5. The Morgan fingerprint density at radius 1 is 1.54 bits per heavy atom. The predicted octanol–water partition coefficient (Wildman–Crippen LogP) is 1.58. The molecule has 0 saturated carbocycles. The number of hydrogen-bond donors (Lipinski definition) is 0. The summed E-state index contributed by atoms with van der Waals surface area (Å²) >= 11 is 5.54. The average Bonchev–Trinajstić information content (AvgIpc) is 2.00. The van der Waals surface area contributed by atoms with Gasteiger partial charge in [-0.25, -0.2) is 4.98 Å². The molecule has 6 heteroatoms. The van der Waals surface area contributed by atoms with Crippen molar-refractivity contribution < 1.29 is 12.3 Å². The van der Waals surface area contributed by atoms with Crippen LogP contribution in [0.3, 0.4) is 0 Å². The van der Waals surface area contributed by atoms with Crippen LogP contribution in [0.25, 0.3) is 0 Å². The third kappa shape index (κ3) is 4.19. The predicted molar refractivity (Wildman–Crippen MR) is 47.8 cm³/mol. The number of aromatic nitrogens is 1. The second kappa shape index (κ2) is 4.02. The summed E-state index contributed by atoms with van der Waals surface area (Å²) in [6.45, 7) is 0. The molecule has 0 atom stereocenters. The molecule has 0 unspecified atom stereocenters. The van der Waals surface area contributed by atoms with E-state index >= 15 is 0 Å². The van der Waals surface area contributed by atoms with E-state index in [0.29, 0.717) is 5.56 Å². The summed E-state index contributed by atoms with van der Waals surface area (Å²) in [5.41, 5.74) is 0.654. The third-order valence-electron chi connectivity index (χ3n) is 1.43. The molecule has 0 aliphatic heterocycles. The van der Waals surface area contributed by atoms with Gasteiger partial charge < -0.3 is 0 Å². The molecule has 0 N–H and O–H groups in total. The van der Waals surface area contributed by atoms with Gasteiger partial charge in [-0.05, 0) is 24.1 Å². The van der Waals surface area contributed by atoms with Crippen LogP contribution in [-0.2, 0) is 16.6 Å². The second-order valence-electron chi connectivity index (χ2n) is 2.48. The van der Waals surface area contributed by atoms with E-state index in [1.54, 1.807) is 6.07 Å². The summed E-state index contributed by atoms with van der Waals surface area (Å²) in [7, 11) is -4.40. The molecule has 0 bridgehead atoms. The lowest BCUT2D eigenvalue weighted by atomic mass is 10.2. The molecular formula is C7H7ClFNO2S. The number of aryl methyl sites for hydroxylation is 1. The van der Waals surface area contributed by atoms with Crippen molar-refractivity contribution in [3.8, 4) is 0 Å². The highest BCUT2D eigenvalue weighted by molar-refractivity contribution is 7.86.